The van der Waals surface area contributed by atoms with Crippen LogP contribution in [0.15, 0.2) is 70.0 Å². The number of aromatic nitrogens is 3. The number of nitrogens with zero attached hydrogens (tertiary/aromatic N) is 2. The number of carbonyl (C=O) groups is 1. The monoisotopic (exact) mass is 458 g/mol. The average Bonchev–Trinajstić information content (AvgIpc) is 2.77. The minimum Gasteiger partial charge on any atom is -0.343 e. The summed E-state index contributed by atoms with van der Waals surface area (Å²) < 4.78 is 0. The van der Waals surface area contributed by atoms with Gasteiger partial charge in [0.25, 0.3) is 5.56 Å². The zero-order valence-corrected chi connectivity index (χ0v) is 19.8. The number of aromatic amines is 1. The van der Waals surface area contributed by atoms with Crippen LogP contribution in [-0.4, -0.2) is 20.7 Å². The smallest absolute Gasteiger partial charge is 0.257 e. The van der Waals surface area contributed by atoms with E-state index in [0.29, 0.717) is 34.3 Å². The Hall–Kier alpha value is -3.19. The number of allylic oxidation sites excluding steroid dienone is 2. The molecule has 5 rings (SSSR count). The summed E-state index contributed by atoms with van der Waals surface area (Å²) >= 11 is 1.49. The van der Waals surface area contributed by atoms with Crippen molar-refractivity contribution >= 4 is 23.4 Å². The first-order chi connectivity index (χ1) is 15.8. The summed E-state index contributed by atoms with van der Waals surface area (Å²) in [6, 6.07) is 12.1. The number of carbonyl (C=O) groups excluding carboxylic acids is 1. The largest absolute Gasteiger partial charge is 0.343 e. The fraction of sp³-hybridized carbons (Fsp3) is 0.308. The third-order valence-electron chi connectivity index (χ3n) is 6.24. The number of hydrogen-bond donors (Lipinski definition) is 2. The van der Waals surface area contributed by atoms with Gasteiger partial charge in [-0.15, -0.1) is 0 Å². The second-order valence-corrected chi connectivity index (χ2v) is 10.5. The van der Waals surface area contributed by atoms with Crippen molar-refractivity contribution in [1.29, 1.82) is 0 Å². The third-order valence-corrected chi connectivity index (χ3v) is 7.18. The summed E-state index contributed by atoms with van der Waals surface area (Å²) in [4.78, 5) is 38.4. The van der Waals surface area contributed by atoms with Crippen LogP contribution in [0.5, 0.6) is 0 Å². The van der Waals surface area contributed by atoms with E-state index >= 15 is 0 Å². The zero-order chi connectivity index (χ0) is 23.2. The van der Waals surface area contributed by atoms with Crippen molar-refractivity contribution in [3.63, 3.8) is 0 Å². The quantitative estimate of drug-likeness (QED) is 0.424. The summed E-state index contributed by atoms with van der Waals surface area (Å²) in [5, 5.41) is 3.93. The molecule has 0 fully saturated rings. The SMILES string of the molecule is Cc1ccc(CSc2nc3c(c(=O)[nH]2)C(c2ccncc2)C2=C(CC(C)(C)CC2=O)N3)cc1. The standard InChI is InChI=1S/C26H26N4O2S/c1-15-4-6-16(7-5-15)14-33-25-29-23-22(24(32)30-25)20(17-8-10-27-11-9-17)21-18(28-23)12-26(2,3)13-19(21)31/h4-11,20H,12-14H2,1-3H3,(H2,28,29,30,32). The van der Waals surface area contributed by atoms with Crippen LogP contribution in [0.4, 0.5) is 5.82 Å². The fourth-order valence-corrected chi connectivity index (χ4v) is 5.50. The summed E-state index contributed by atoms with van der Waals surface area (Å²) in [5.41, 5.74) is 4.94. The molecule has 1 aliphatic carbocycles. The molecule has 0 spiro atoms. The number of rotatable bonds is 4. The van der Waals surface area contributed by atoms with Crippen molar-refractivity contribution in [2.45, 2.75) is 50.4 Å². The molecule has 168 valence electrons. The summed E-state index contributed by atoms with van der Waals surface area (Å²) in [5.74, 6) is 0.875. The number of H-pyrrole nitrogens is 1. The van der Waals surface area contributed by atoms with Gasteiger partial charge in [-0.3, -0.25) is 14.6 Å². The Morgan fingerprint density at radius 2 is 1.79 bits per heavy atom. The van der Waals surface area contributed by atoms with Crippen LogP contribution in [0, 0.1) is 12.3 Å². The Balaban J connectivity index is 1.56. The molecule has 33 heavy (non-hydrogen) atoms. The first kappa shape index (κ1) is 21.6. The van der Waals surface area contributed by atoms with Crippen LogP contribution in [0.3, 0.4) is 0 Å². The minimum absolute atomic E-state index is 0.0819. The maximum atomic E-state index is 13.3. The van der Waals surface area contributed by atoms with E-state index < -0.39 is 5.92 Å². The first-order valence-corrected chi connectivity index (χ1v) is 12.0. The van der Waals surface area contributed by atoms with Crippen molar-refractivity contribution < 1.29 is 4.79 Å². The molecule has 1 atom stereocenters. The van der Waals surface area contributed by atoms with Gasteiger partial charge in [-0.2, -0.15) is 0 Å². The molecule has 2 aromatic heterocycles. The topological polar surface area (TPSA) is 87.7 Å². The van der Waals surface area contributed by atoms with Crippen LogP contribution < -0.4 is 10.9 Å². The number of anilines is 1. The number of thioether (sulfide) groups is 1. The van der Waals surface area contributed by atoms with Gasteiger partial charge in [-0.25, -0.2) is 4.98 Å². The highest BCUT2D eigenvalue weighted by molar-refractivity contribution is 7.98. The van der Waals surface area contributed by atoms with Gasteiger partial charge in [0.1, 0.15) is 5.82 Å². The van der Waals surface area contributed by atoms with E-state index in [-0.39, 0.29) is 16.8 Å². The number of aryl methyl sites for hydroxylation is 1. The highest BCUT2D eigenvalue weighted by Gasteiger charge is 2.42. The normalized spacial score (nSPS) is 19.0. The van der Waals surface area contributed by atoms with E-state index in [9.17, 15) is 9.59 Å². The van der Waals surface area contributed by atoms with Crippen LogP contribution in [0.2, 0.25) is 0 Å². The predicted octanol–water partition coefficient (Wildman–Crippen LogP) is 4.97. The molecule has 2 aliphatic rings. The Bertz CT molecular complexity index is 1310. The minimum atomic E-state index is -0.449. The molecular formula is C26H26N4O2S. The molecule has 1 unspecified atom stereocenters. The van der Waals surface area contributed by atoms with Gasteiger partial charge in [-0.1, -0.05) is 55.4 Å². The highest BCUT2D eigenvalue weighted by Crippen LogP contribution is 2.47. The summed E-state index contributed by atoms with van der Waals surface area (Å²) in [6.07, 6.45) is 4.58. The number of Topliss-reactive ketones (excluding diaryl/α,β-unsaturated/α-hetero) is 1. The van der Waals surface area contributed by atoms with Gasteiger partial charge in [0, 0.05) is 41.8 Å². The van der Waals surface area contributed by atoms with Crippen molar-refractivity contribution in [3.8, 4) is 0 Å². The Morgan fingerprint density at radius 1 is 1.06 bits per heavy atom. The van der Waals surface area contributed by atoms with Gasteiger partial charge in [0.05, 0.1) is 5.56 Å². The second-order valence-electron chi connectivity index (χ2n) is 9.58. The number of ketones is 1. The van der Waals surface area contributed by atoms with E-state index in [2.05, 4.69) is 60.3 Å². The van der Waals surface area contributed by atoms with Crippen molar-refractivity contribution in [2.24, 2.45) is 5.41 Å². The third kappa shape index (κ3) is 4.25. The molecule has 1 aromatic carbocycles. The van der Waals surface area contributed by atoms with E-state index in [4.69, 9.17) is 4.98 Å². The van der Waals surface area contributed by atoms with Crippen molar-refractivity contribution in [2.75, 3.05) is 5.32 Å². The maximum Gasteiger partial charge on any atom is 0.257 e. The van der Waals surface area contributed by atoms with Crippen LogP contribution in [-0.2, 0) is 10.5 Å². The number of benzene rings is 1. The zero-order valence-electron chi connectivity index (χ0n) is 18.9. The molecule has 7 heteroatoms. The van der Waals surface area contributed by atoms with Gasteiger partial charge >= 0.3 is 0 Å². The molecule has 2 N–H and O–H groups in total. The molecule has 1 aliphatic heterocycles. The fourth-order valence-electron chi connectivity index (χ4n) is 4.69. The first-order valence-electron chi connectivity index (χ1n) is 11.1. The molecule has 0 saturated heterocycles. The number of pyridine rings is 1. The molecule has 0 amide bonds. The molecule has 6 nitrogen and oxygen atoms in total. The Labute approximate surface area is 197 Å². The molecule has 0 saturated carbocycles. The van der Waals surface area contributed by atoms with E-state index in [1.807, 2.05) is 12.1 Å². The lowest BCUT2D eigenvalue weighted by Gasteiger charge is -2.38. The van der Waals surface area contributed by atoms with Crippen LogP contribution in [0.25, 0.3) is 0 Å². The molecule has 3 aromatic rings. The lowest BCUT2D eigenvalue weighted by Crippen LogP contribution is -2.37. The van der Waals surface area contributed by atoms with E-state index in [1.54, 1.807) is 12.4 Å². The van der Waals surface area contributed by atoms with Crippen LogP contribution >= 0.6 is 11.8 Å². The summed E-state index contributed by atoms with van der Waals surface area (Å²) in [7, 11) is 0. The number of hydrogen-bond acceptors (Lipinski definition) is 6. The summed E-state index contributed by atoms with van der Waals surface area (Å²) in [6.45, 7) is 6.26. The molecule has 0 bridgehead atoms. The predicted molar refractivity (Wildman–Crippen MR) is 130 cm³/mol. The lowest BCUT2D eigenvalue weighted by atomic mass is 9.69. The van der Waals surface area contributed by atoms with Gasteiger partial charge in [-0.05, 0) is 42.0 Å². The molecule has 0 radical (unpaired) electrons. The lowest BCUT2D eigenvalue weighted by molar-refractivity contribution is -0.118. The van der Waals surface area contributed by atoms with Crippen molar-refractivity contribution in [3.05, 3.63) is 92.7 Å². The molecular weight excluding hydrogens is 432 g/mol. The van der Waals surface area contributed by atoms with E-state index in [1.165, 1.54) is 22.9 Å². The maximum absolute atomic E-state index is 13.3. The Morgan fingerprint density at radius 3 is 2.52 bits per heavy atom. The molecule has 3 heterocycles. The second kappa shape index (κ2) is 8.30. The highest BCUT2D eigenvalue weighted by atomic mass is 32.2. The van der Waals surface area contributed by atoms with Gasteiger partial charge in [0.2, 0.25) is 0 Å². The van der Waals surface area contributed by atoms with E-state index in [0.717, 1.165) is 17.7 Å². The Kier molecular flexibility index (Phi) is 5.44. The van der Waals surface area contributed by atoms with Crippen LogP contribution in [0.1, 0.15) is 54.9 Å². The van der Waals surface area contributed by atoms with Gasteiger partial charge < -0.3 is 10.3 Å². The van der Waals surface area contributed by atoms with Gasteiger partial charge in [0.15, 0.2) is 10.9 Å². The average molecular weight is 459 g/mol. The van der Waals surface area contributed by atoms with Crippen molar-refractivity contribution in [1.82, 2.24) is 15.0 Å². The number of fused-ring (bicyclic) bond motifs is 1. The number of nitrogens with one attached hydrogen (secondary N) is 2.